The van der Waals surface area contributed by atoms with Crippen LogP contribution in [-0.4, -0.2) is 43.6 Å². The second-order valence-electron chi connectivity index (χ2n) is 4.72. The number of ether oxygens (including phenoxy) is 2. The monoisotopic (exact) mass is 362 g/mol. The fourth-order valence-electron chi connectivity index (χ4n) is 1.67. The fraction of sp³-hybridized carbons (Fsp3) is 0.467. The summed E-state index contributed by atoms with van der Waals surface area (Å²) in [4.78, 5) is 23.0. The number of benzene rings is 1. The van der Waals surface area contributed by atoms with Gasteiger partial charge in [-0.15, -0.1) is 12.4 Å². The Hall–Kier alpha value is -1.44. The minimum absolute atomic E-state index is 0. The number of aryl methyl sites for hydroxylation is 1. The highest BCUT2D eigenvalue weighted by molar-refractivity contribution is 7.98. The van der Waals surface area contributed by atoms with E-state index in [0.29, 0.717) is 17.9 Å². The lowest BCUT2D eigenvalue weighted by Crippen LogP contribution is -2.36. The van der Waals surface area contributed by atoms with Gasteiger partial charge in [0.15, 0.2) is 6.61 Å². The number of carbonyl (C=O) groups excluding carboxylic acids is 2. The lowest BCUT2D eigenvalue weighted by molar-refractivity contribution is -0.142. The number of halogens is 1. The molecule has 0 aliphatic rings. The Labute approximate surface area is 146 Å². The van der Waals surface area contributed by atoms with E-state index in [1.807, 2.05) is 13.2 Å². The SMILES string of the molecule is COC(=O)COc1ccc(NC(=O)[C@@H](N)CCSC)c(C)c1.Cl. The topological polar surface area (TPSA) is 90.6 Å². The average molecular weight is 363 g/mol. The third kappa shape index (κ3) is 7.58. The Morgan fingerprint density at radius 2 is 2.09 bits per heavy atom. The predicted molar refractivity (Wildman–Crippen MR) is 95.5 cm³/mol. The second-order valence-corrected chi connectivity index (χ2v) is 5.70. The molecule has 1 amide bonds. The van der Waals surface area contributed by atoms with E-state index in [1.54, 1.807) is 30.0 Å². The normalized spacial score (nSPS) is 11.1. The van der Waals surface area contributed by atoms with E-state index in [4.69, 9.17) is 10.5 Å². The summed E-state index contributed by atoms with van der Waals surface area (Å²) in [6.07, 6.45) is 2.61. The number of anilines is 1. The maximum Gasteiger partial charge on any atom is 0.343 e. The van der Waals surface area contributed by atoms with Gasteiger partial charge in [-0.1, -0.05) is 0 Å². The van der Waals surface area contributed by atoms with Gasteiger partial charge >= 0.3 is 5.97 Å². The maximum absolute atomic E-state index is 12.0. The number of rotatable bonds is 8. The van der Waals surface area contributed by atoms with Crippen LogP contribution in [0, 0.1) is 6.92 Å². The number of methoxy groups -OCH3 is 1. The van der Waals surface area contributed by atoms with Gasteiger partial charge in [-0.25, -0.2) is 4.79 Å². The van der Waals surface area contributed by atoms with Gasteiger partial charge in [0, 0.05) is 5.69 Å². The molecule has 0 spiro atoms. The van der Waals surface area contributed by atoms with Crippen LogP contribution in [0.4, 0.5) is 5.69 Å². The molecule has 1 aromatic carbocycles. The summed E-state index contributed by atoms with van der Waals surface area (Å²) in [5.74, 6) is 0.719. The van der Waals surface area contributed by atoms with Crippen molar-refractivity contribution in [3.05, 3.63) is 23.8 Å². The van der Waals surface area contributed by atoms with Gasteiger partial charge < -0.3 is 20.5 Å². The number of amides is 1. The van der Waals surface area contributed by atoms with E-state index in [0.717, 1.165) is 11.3 Å². The molecule has 0 fully saturated rings. The number of carbonyl (C=O) groups is 2. The first-order valence-corrected chi connectivity index (χ1v) is 8.23. The van der Waals surface area contributed by atoms with Crippen LogP contribution >= 0.6 is 24.2 Å². The van der Waals surface area contributed by atoms with E-state index < -0.39 is 12.0 Å². The van der Waals surface area contributed by atoms with Crippen molar-refractivity contribution < 1.29 is 19.1 Å². The average Bonchev–Trinajstić information content (AvgIpc) is 2.52. The molecule has 6 nitrogen and oxygen atoms in total. The largest absolute Gasteiger partial charge is 0.482 e. The van der Waals surface area contributed by atoms with Crippen LogP contribution in [0.25, 0.3) is 0 Å². The number of nitrogens with two attached hydrogens (primary N) is 1. The number of hydrogen-bond acceptors (Lipinski definition) is 6. The van der Waals surface area contributed by atoms with Gasteiger partial charge in [-0.2, -0.15) is 11.8 Å². The summed E-state index contributed by atoms with van der Waals surface area (Å²) < 4.78 is 9.79. The first kappa shape index (κ1) is 21.6. The molecule has 0 saturated heterocycles. The standard InChI is InChI=1S/C15H22N2O4S.ClH/c1-10-8-11(21-9-14(18)20-2)4-5-13(10)17-15(19)12(16)6-7-22-3;/h4-5,8,12H,6-7,9,16H2,1-3H3,(H,17,19);1H/t12-;/m0./s1. The van der Waals surface area contributed by atoms with Gasteiger partial charge in [0.2, 0.25) is 5.91 Å². The van der Waals surface area contributed by atoms with Gasteiger partial charge in [0.25, 0.3) is 0 Å². The van der Waals surface area contributed by atoms with Crippen LogP contribution in [0.1, 0.15) is 12.0 Å². The highest BCUT2D eigenvalue weighted by Gasteiger charge is 2.14. The van der Waals surface area contributed by atoms with E-state index in [-0.39, 0.29) is 24.9 Å². The molecule has 0 radical (unpaired) electrons. The van der Waals surface area contributed by atoms with Gasteiger partial charge in [0.05, 0.1) is 13.2 Å². The molecular formula is C15H23ClN2O4S. The van der Waals surface area contributed by atoms with Crippen LogP contribution in [-0.2, 0) is 14.3 Å². The molecule has 1 atom stereocenters. The number of nitrogens with one attached hydrogen (secondary N) is 1. The molecule has 8 heteroatoms. The smallest absolute Gasteiger partial charge is 0.343 e. The zero-order valence-electron chi connectivity index (χ0n) is 13.5. The lowest BCUT2D eigenvalue weighted by Gasteiger charge is -2.14. The van der Waals surface area contributed by atoms with Crippen molar-refractivity contribution in [3.63, 3.8) is 0 Å². The molecule has 23 heavy (non-hydrogen) atoms. The maximum atomic E-state index is 12.0. The summed E-state index contributed by atoms with van der Waals surface area (Å²) in [5, 5.41) is 2.80. The molecule has 130 valence electrons. The quantitative estimate of drug-likeness (QED) is 0.687. The van der Waals surface area contributed by atoms with Crippen molar-refractivity contribution in [2.75, 3.05) is 31.0 Å². The number of thioether (sulfide) groups is 1. The van der Waals surface area contributed by atoms with E-state index in [2.05, 4.69) is 10.1 Å². The molecule has 0 unspecified atom stereocenters. The fourth-order valence-corrected chi connectivity index (χ4v) is 2.16. The molecule has 0 heterocycles. The summed E-state index contributed by atoms with van der Waals surface area (Å²) in [6.45, 7) is 1.69. The molecule has 0 saturated carbocycles. The third-order valence-corrected chi connectivity index (χ3v) is 3.65. The minimum atomic E-state index is -0.526. The van der Waals surface area contributed by atoms with Crippen molar-refractivity contribution >= 4 is 41.7 Å². The Bertz CT molecular complexity index is 528. The molecule has 3 N–H and O–H groups in total. The molecule has 0 aliphatic heterocycles. The van der Waals surface area contributed by atoms with Gasteiger partial charge in [-0.3, -0.25) is 4.79 Å². The highest BCUT2D eigenvalue weighted by atomic mass is 35.5. The zero-order chi connectivity index (χ0) is 16.5. The molecule has 1 rings (SSSR count). The third-order valence-electron chi connectivity index (χ3n) is 3.01. The van der Waals surface area contributed by atoms with Crippen LogP contribution in [0.15, 0.2) is 18.2 Å². The van der Waals surface area contributed by atoms with Crippen LogP contribution in [0.2, 0.25) is 0 Å². The molecular weight excluding hydrogens is 340 g/mol. The zero-order valence-corrected chi connectivity index (χ0v) is 15.1. The summed E-state index contributed by atoms with van der Waals surface area (Å²) in [5.41, 5.74) is 7.33. The Kier molecular flexibility index (Phi) is 10.5. The van der Waals surface area contributed by atoms with Gasteiger partial charge in [0.1, 0.15) is 5.75 Å². The predicted octanol–water partition coefficient (Wildman–Crippen LogP) is 1.99. The van der Waals surface area contributed by atoms with Crippen molar-refractivity contribution in [3.8, 4) is 5.75 Å². The van der Waals surface area contributed by atoms with Crippen LogP contribution in [0.5, 0.6) is 5.75 Å². The molecule has 0 aliphatic carbocycles. The lowest BCUT2D eigenvalue weighted by atomic mass is 10.1. The minimum Gasteiger partial charge on any atom is -0.482 e. The van der Waals surface area contributed by atoms with Crippen molar-refractivity contribution in [2.45, 2.75) is 19.4 Å². The van der Waals surface area contributed by atoms with E-state index >= 15 is 0 Å². The first-order valence-electron chi connectivity index (χ1n) is 6.83. The summed E-state index contributed by atoms with van der Waals surface area (Å²) >= 11 is 1.65. The van der Waals surface area contributed by atoms with Crippen LogP contribution in [0.3, 0.4) is 0 Å². The summed E-state index contributed by atoms with van der Waals surface area (Å²) in [6, 6.07) is 4.62. The van der Waals surface area contributed by atoms with Crippen molar-refractivity contribution in [1.82, 2.24) is 0 Å². The number of hydrogen-bond donors (Lipinski definition) is 2. The Morgan fingerprint density at radius 3 is 2.65 bits per heavy atom. The highest BCUT2D eigenvalue weighted by Crippen LogP contribution is 2.21. The molecule has 1 aromatic rings. The van der Waals surface area contributed by atoms with Crippen molar-refractivity contribution in [1.29, 1.82) is 0 Å². The molecule has 0 aromatic heterocycles. The van der Waals surface area contributed by atoms with E-state index in [9.17, 15) is 9.59 Å². The van der Waals surface area contributed by atoms with Crippen LogP contribution < -0.4 is 15.8 Å². The Balaban J connectivity index is 0.00000484. The van der Waals surface area contributed by atoms with E-state index in [1.165, 1.54) is 7.11 Å². The Morgan fingerprint density at radius 1 is 1.39 bits per heavy atom. The summed E-state index contributed by atoms with van der Waals surface area (Å²) in [7, 11) is 1.30. The number of esters is 1. The first-order chi connectivity index (χ1) is 10.5. The van der Waals surface area contributed by atoms with Crippen molar-refractivity contribution in [2.24, 2.45) is 5.73 Å². The second kappa shape index (κ2) is 11.2. The molecule has 0 bridgehead atoms. The van der Waals surface area contributed by atoms with Gasteiger partial charge in [-0.05, 0) is 49.1 Å².